The average molecular weight is 177 g/mol. The van der Waals surface area contributed by atoms with Crippen molar-refractivity contribution in [1.82, 2.24) is 5.16 Å². The van der Waals surface area contributed by atoms with E-state index < -0.39 is 0 Å². The third-order valence-corrected chi connectivity index (χ3v) is 2.12. The van der Waals surface area contributed by atoms with Gasteiger partial charge in [0.25, 0.3) is 0 Å². The molecule has 2 aromatic rings. The normalized spacial score (nSPS) is 11.3. The van der Waals surface area contributed by atoms with Crippen molar-refractivity contribution in [2.24, 2.45) is 0 Å². The Morgan fingerprint density at radius 3 is 2.85 bits per heavy atom. The molecule has 0 fully saturated rings. The summed E-state index contributed by atoms with van der Waals surface area (Å²) in [5.41, 5.74) is 1.62. The van der Waals surface area contributed by atoms with Gasteiger partial charge in [-0.1, -0.05) is 19.0 Å². The Hall–Kier alpha value is -1.51. The summed E-state index contributed by atoms with van der Waals surface area (Å²) < 4.78 is 5.00. The van der Waals surface area contributed by atoms with Crippen LogP contribution in [-0.2, 0) is 0 Å². The van der Waals surface area contributed by atoms with Gasteiger partial charge in [-0.2, -0.15) is 0 Å². The van der Waals surface area contributed by atoms with Crippen LogP contribution in [0.2, 0.25) is 0 Å². The first kappa shape index (κ1) is 8.10. The summed E-state index contributed by atoms with van der Waals surface area (Å²) in [4.78, 5) is 0. The molecule has 0 aliphatic heterocycles. The molecule has 0 amide bonds. The molecule has 0 saturated carbocycles. The molecule has 0 unspecified atom stereocenters. The van der Waals surface area contributed by atoms with Crippen molar-refractivity contribution in [2.45, 2.75) is 19.8 Å². The van der Waals surface area contributed by atoms with Gasteiger partial charge >= 0.3 is 0 Å². The second kappa shape index (κ2) is 2.76. The van der Waals surface area contributed by atoms with Gasteiger partial charge in [0.2, 0.25) is 0 Å². The van der Waals surface area contributed by atoms with Gasteiger partial charge in [-0.05, 0) is 18.1 Å². The standard InChI is InChI=1S/C10H11NO2/c1-6(2)8-4-10-7(3-9(8)12)5-11-13-10/h3-6,12H,1-2H3. The Morgan fingerprint density at radius 2 is 2.15 bits per heavy atom. The molecule has 0 spiro atoms. The second-order valence-corrected chi connectivity index (χ2v) is 3.43. The quantitative estimate of drug-likeness (QED) is 0.728. The fourth-order valence-electron chi connectivity index (χ4n) is 1.38. The van der Waals surface area contributed by atoms with Crippen LogP contribution in [0.4, 0.5) is 0 Å². The van der Waals surface area contributed by atoms with Gasteiger partial charge in [0.05, 0.1) is 6.20 Å². The average Bonchev–Trinajstić information content (AvgIpc) is 2.48. The second-order valence-electron chi connectivity index (χ2n) is 3.43. The van der Waals surface area contributed by atoms with Crippen LogP contribution < -0.4 is 0 Å². The van der Waals surface area contributed by atoms with E-state index in [9.17, 15) is 5.11 Å². The van der Waals surface area contributed by atoms with Gasteiger partial charge in [-0.25, -0.2) is 0 Å². The summed E-state index contributed by atoms with van der Waals surface area (Å²) in [5.74, 6) is 0.597. The summed E-state index contributed by atoms with van der Waals surface area (Å²) >= 11 is 0. The van der Waals surface area contributed by atoms with E-state index >= 15 is 0 Å². The molecule has 0 atom stereocenters. The molecule has 1 N–H and O–H groups in total. The minimum absolute atomic E-state index is 0.287. The fourth-order valence-corrected chi connectivity index (χ4v) is 1.38. The maximum atomic E-state index is 9.63. The Balaban J connectivity index is 2.69. The van der Waals surface area contributed by atoms with Crippen molar-refractivity contribution in [1.29, 1.82) is 0 Å². The topological polar surface area (TPSA) is 46.3 Å². The third-order valence-electron chi connectivity index (χ3n) is 2.12. The van der Waals surface area contributed by atoms with Gasteiger partial charge in [-0.3, -0.25) is 0 Å². The number of phenols is 1. The van der Waals surface area contributed by atoms with Crippen LogP contribution in [0.15, 0.2) is 22.9 Å². The smallest absolute Gasteiger partial charge is 0.167 e. The first-order chi connectivity index (χ1) is 6.18. The predicted octanol–water partition coefficient (Wildman–Crippen LogP) is 2.66. The van der Waals surface area contributed by atoms with E-state index in [1.807, 2.05) is 19.9 Å². The van der Waals surface area contributed by atoms with E-state index in [4.69, 9.17) is 4.52 Å². The lowest BCUT2D eigenvalue weighted by Gasteiger charge is -2.06. The highest BCUT2D eigenvalue weighted by molar-refractivity contribution is 5.79. The van der Waals surface area contributed by atoms with Crippen LogP contribution >= 0.6 is 0 Å². The largest absolute Gasteiger partial charge is 0.508 e. The summed E-state index contributed by atoms with van der Waals surface area (Å²) in [6, 6.07) is 3.52. The van der Waals surface area contributed by atoms with E-state index in [1.54, 1.807) is 12.3 Å². The number of aromatic nitrogens is 1. The molecule has 0 saturated heterocycles. The summed E-state index contributed by atoms with van der Waals surface area (Å²) in [6.45, 7) is 4.05. The summed E-state index contributed by atoms with van der Waals surface area (Å²) in [5, 5.41) is 14.1. The maximum absolute atomic E-state index is 9.63. The molecular formula is C10H11NO2. The van der Waals surface area contributed by atoms with Gasteiger partial charge in [0.1, 0.15) is 5.75 Å². The van der Waals surface area contributed by atoms with E-state index in [-0.39, 0.29) is 5.92 Å². The molecule has 0 aliphatic rings. The number of nitrogens with zero attached hydrogens (tertiary/aromatic N) is 1. The van der Waals surface area contributed by atoms with Crippen LogP contribution in [0.1, 0.15) is 25.3 Å². The SMILES string of the molecule is CC(C)c1cc2oncc2cc1O. The van der Waals surface area contributed by atoms with Gasteiger partial charge in [0.15, 0.2) is 5.58 Å². The minimum atomic E-state index is 0.287. The first-order valence-corrected chi connectivity index (χ1v) is 4.26. The molecule has 68 valence electrons. The number of rotatable bonds is 1. The zero-order chi connectivity index (χ0) is 9.42. The lowest BCUT2D eigenvalue weighted by Crippen LogP contribution is -1.87. The van der Waals surface area contributed by atoms with Crippen molar-refractivity contribution in [3.63, 3.8) is 0 Å². The van der Waals surface area contributed by atoms with Crippen molar-refractivity contribution >= 4 is 11.0 Å². The molecule has 13 heavy (non-hydrogen) atoms. The van der Waals surface area contributed by atoms with Crippen LogP contribution in [0.25, 0.3) is 11.0 Å². The van der Waals surface area contributed by atoms with Crippen molar-refractivity contribution < 1.29 is 9.63 Å². The number of benzene rings is 1. The Labute approximate surface area is 76.0 Å². The van der Waals surface area contributed by atoms with Crippen molar-refractivity contribution in [3.8, 4) is 5.75 Å². The van der Waals surface area contributed by atoms with Gasteiger partial charge < -0.3 is 9.63 Å². The monoisotopic (exact) mass is 177 g/mol. The number of hydrogen-bond acceptors (Lipinski definition) is 3. The molecule has 3 nitrogen and oxygen atoms in total. The van der Waals surface area contributed by atoms with E-state index in [2.05, 4.69) is 5.16 Å². The molecular weight excluding hydrogens is 166 g/mol. The predicted molar refractivity (Wildman–Crippen MR) is 49.8 cm³/mol. The molecule has 2 rings (SSSR count). The minimum Gasteiger partial charge on any atom is -0.508 e. The van der Waals surface area contributed by atoms with Crippen LogP contribution in [0.3, 0.4) is 0 Å². The Bertz CT molecular complexity index is 431. The highest BCUT2D eigenvalue weighted by atomic mass is 16.5. The molecule has 3 heteroatoms. The Kier molecular flexibility index (Phi) is 1.72. The lowest BCUT2D eigenvalue weighted by atomic mass is 10.0. The lowest BCUT2D eigenvalue weighted by molar-refractivity contribution is 0.452. The van der Waals surface area contributed by atoms with E-state index in [1.165, 1.54) is 0 Å². The number of hydrogen-bond donors (Lipinski definition) is 1. The summed E-state index contributed by atoms with van der Waals surface area (Å²) in [6.07, 6.45) is 1.60. The highest BCUT2D eigenvalue weighted by Crippen LogP contribution is 2.29. The first-order valence-electron chi connectivity index (χ1n) is 4.26. The van der Waals surface area contributed by atoms with Gasteiger partial charge in [-0.15, -0.1) is 0 Å². The number of phenolic OH excluding ortho intramolecular Hbond substituents is 1. The van der Waals surface area contributed by atoms with Crippen LogP contribution in [0.5, 0.6) is 5.75 Å². The zero-order valence-electron chi connectivity index (χ0n) is 7.61. The van der Waals surface area contributed by atoms with Crippen LogP contribution in [-0.4, -0.2) is 10.3 Å². The highest BCUT2D eigenvalue weighted by Gasteiger charge is 2.09. The van der Waals surface area contributed by atoms with Crippen molar-refractivity contribution in [2.75, 3.05) is 0 Å². The van der Waals surface area contributed by atoms with Crippen molar-refractivity contribution in [3.05, 3.63) is 23.9 Å². The molecule has 1 heterocycles. The molecule has 1 aromatic heterocycles. The van der Waals surface area contributed by atoms with Crippen LogP contribution in [0, 0.1) is 0 Å². The number of fused-ring (bicyclic) bond motifs is 1. The molecule has 0 bridgehead atoms. The zero-order valence-corrected chi connectivity index (χ0v) is 7.61. The Morgan fingerprint density at radius 1 is 1.38 bits per heavy atom. The van der Waals surface area contributed by atoms with E-state index in [0.717, 1.165) is 16.5 Å². The molecule has 0 aliphatic carbocycles. The maximum Gasteiger partial charge on any atom is 0.167 e. The van der Waals surface area contributed by atoms with Gasteiger partial charge in [0, 0.05) is 10.9 Å². The third kappa shape index (κ3) is 1.26. The summed E-state index contributed by atoms with van der Waals surface area (Å²) in [7, 11) is 0. The molecule has 0 radical (unpaired) electrons. The fraction of sp³-hybridized carbons (Fsp3) is 0.300. The molecule has 1 aromatic carbocycles. The van der Waals surface area contributed by atoms with E-state index in [0.29, 0.717) is 5.75 Å². The number of aromatic hydroxyl groups is 1.